The van der Waals surface area contributed by atoms with E-state index in [0.717, 1.165) is 0 Å². The van der Waals surface area contributed by atoms with Gasteiger partial charge in [-0.15, -0.1) is 0 Å². The number of nitrogens with one attached hydrogen (secondary N) is 1. The Kier molecular flexibility index (Phi) is 6.23. The lowest BCUT2D eigenvalue weighted by molar-refractivity contribution is 0.328. The molecule has 3 N–H and O–H groups in total. The molecule has 0 atom stereocenters. The highest BCUT2D eigenvalue weighted by atomic mass is 32.2. The fourth-order valence-electron chi connectivity index (χ4n) is 1.38. The molecule has 0 radical (unpaired) electrons. The Bertz CT molecular complexity index is 471. The van der Waals surface area contributed by atoms with Crippen molar-refractivity contribution in [1.82, 2.24) is 9.62 Å². The van der Waals surface area contributed by atoms with Gasteiger partial charge >= 0.3 is 0 Å². The number of rotatable bonds is 8. The Morgan fingerprint density at radius 2 is 1.89 bits per heavy atom. The zero-order valence-electron chi connectivity index (χ0n) is 11.3. The van der Waals surface area contributed by atoms with Crippen LogP contribution in [0.25, 0.3) is 0 Å². The van der Waals surface area contributed by atoms with Crippen LogP contribution in [0, 0.1) is 0 Å². The average Bonchev–Trinajstić information content (AvgIpc) is 2.36. The van der Waals surface area contributed by atoms with Crippen LogP contribution < -0.4 is 15.2 Å². The van der Waals surface area contributed by atoms with Crippen LogP contribution in [-0.4, -0.2) is 53.7 Å². The van der Waals surface area contributed by atoms with Gasteiger partial charge in [-0.3, -0.25) is 0 Å². The molecule has 1 aromatic carbocycles. The molecule has 0 aliphatic carbocycles. The lowest BCUT2D eigenvalue weighted by atomic mass is 10.3. The number of ether oxygens (including phenoxy) is 1. The summed E-state index contributed by atoms with van der Waals surface area (Å²) in [7, 11) is 0.323. The van der Waals surface area contributed by atoms with Gasteiger partial charge in [-0.2, -0.15) is 0 Å². The van der Waals surface area contributed by atoms with E-state index in [1.807, 2.05) is 19.0 Å². The van der Waals surface area contributed by atoms with Crippen LogP contribution >= 0.6 is 0 Å². The Balaban J connectivity index is 2.63. The maximum absolute atomic E-state index is 11.9. The molecule has 19 heavy (non-hydrogen) atoms. The summed E-state index contributed by atoms with van der Waals surface area (Å²) in [5.74, 6) is 0.609. The summed E-state index contributed by atoms with van der Waals surface area (Å²) in [5, 5.41) is 0. The summed E-state index contributed by atoms with van der Waals surface area (Å²) in [6, 6.07) is 6.28. The first-order valence-corrected chi connectivity index (χ1v) is 7.51. The van der Waals surface area contributed by atoms with Crippen molar-refractivity contribution in [3.8, 4) is 5.75 Å². The molecule has 0 bridgehead atoms. The van der Waals surface area contributed by atoms with Gasteiger partial charge in [0.25, 0.3) is 0 Å². The van der Waals surface area contributed by atoms with E-state index in [1.54, 1.807) is 12.1 Å². The highest BCUT2D eigenvalue weighted by Crippen LogP contribution is 2.15. The Hall–Kier alpha value is -1.15. The van der Waals surface area contributed by atoms with Crippen LogP contribution in [-0.2, 0) is 10.0 Å². The average molecular weight is 287 g/mol. The second kappa shape index (κ2) is 7.44. The minimum Gasteiger partial charge on any atom is -0.492 e. The third-order valence-corrected chi connectivity index (χ3v) is 3.85. The first-order chi connectivity index (χ1) is 8.95. The quantitative estimate of drug-likeness (QED) is 0.695. The number of nitrogens with zero attached hydrogens (tertiary/aromatic N) is 1. The van der Waals surface area contributed by atoms with Crippen LogP contribution in [0.1, 0.15) is 0 Å². The summed E-state index contributed by atoms with van der Waals surface area (Å²) in [5.41, 5.74) is 5.32. The highest BCUT2D eigenvalue weighted by Gasteiger charge is 2.13. The van der Waals surface area contributed by atoms with Crippen molar-refractivity contribution in [2.45, 2.75) is 4.90 Å². The van der Waals surface area contributed by atoms with E-state index >= 15 is 0 Å². The van der Waals surface area contributed by atoms with Gasteiger partial charge in [0.1, 0.15) is 12.4 Å². The molecule has 0 aliphatic rings. The second-order valence-corrected chi connectivity index (χ2v) is 6.08. The lowest BCUT2D eigenvalue weighted by Gasteiger charge is -2.11. The van der Waals surface area contributed by atoms with Gasteiger partial charge in [0.15, 0.2) is 0 Å². The molecular weight excluding hydrogens is 266 g/mol. The highest BCUT2D eigenvalue weighted by molar-refractivity contribution is 7.89. The second-order valence-electron chi connectivity index (χ2n) is 4.31. The summed E-state index contributed by atoms with van der Waals surface area (Å²) in [6.07, 6.45) is 0. The molecule has 0 amide bonds. The Morgan fingerprint density at radius 1 is 1.26 bits per heavy atom. The minimum absolute atomic E-state index is 0.228. The smallest absolute Gasteiger partial charge is 0.240 e. The summed E-state index contributed by atoms with van der Waals surface area (Å²) < 4.78 is 31.7. The fraction of sp³-hybridized carbons (Fsp3) is 0.500. The van der Waals surface area contributed by atoms with Crippen molar-refractivity contribution in [2.24, 2.45) is 5.73 Å². The number of hydrogen-bond acceptors (Lipinski definition) is 5. The molecule has 1 aromatic rings. The zero-order valence-corrected chi connectivity index (χ0v) is 12.1. The predicted molar refractivity (Wildman–Crippen MR) is 74.7 cm³/mol. The molecular formula is C12H21N3O3S. The molecule has 0 aromatic heterocycles. The molecule has 7 heteroatoms. The van der Waals surface area contributed by atoms with E-state index in [-0.39, 0.29) is 4.90 Å². The van der Waals surface area contributed by atoms with Crippen LogP contribution in [0.3, 0.4) is 0 Å². The van der Waals surface area contributed by atoms with Gasteiger partial charge in [-0.1, -0.05) is 0 Å². The van der Waals surface area contributed by atoms with Gasteiger partial charge in [0.2, 0.25) is 10.0 Å². The summed E-state index contributed by atoms with van der Waals surface area (Å²) in [4.78, 5) is 2.14. The van der Waals surface area contributed by atoms with Crippen molar-refractivity contribution < 1.29 is 13.2 Å². The van der Waals surface area contributed by atoms with Crippen molar-refractivity contribution in [3.63, 3.8) is 0 Å². The van der Waals surface area contributed by atoms with Crippen LogP contribution in [0.4, 0.5) is 0 Å². The number of nitrogens with two attached hydrogens (primary N) is 1. The molecule has 6 nitrogen and oxygen atoms in total. The lowest BCUT2D eigenvalue weighted by Crippen LogP contribution is -2.31. The van der Waals surface area contributed by atoms with E-state index in [0.29, 0.717) is 32.0 Å². The van der Waals surface area contributed by atoms with Crippen molar-refractivity contribution in [3.05, 3.63) is 24.3 Å². The summed E-state index contributed by atoms with van der Waals surface area (Å²) in [6.45, 7) is 1.86. The molecule has 0 spiro atoms. The van der Waals surface area contributed by atoms with E-state index in [4.69, 9.17) is 10.5 Å². The maximum Gasteiger partial charge on any atom is 0.240 e. The molecule has 0 saturated heterocycles. The molecule has 0 unspecified atom stereocenters. The topological polar surface area (TPSA) is 84.7 Å². The number of hydrogen-bond donors (Lipinski definition) is 2. The standard InChI is InChI=1S/C12H21N3O3S/c1-15(2)9-8-14-19(16,17)12-5-3-11(4-6-12)18-10-7-13/h3-6,14H,7-10,13H2,1-2H3. The normalized spacial score (nSPS) is 11.8. The fourth-order valence-corrected chi connectivity index (χ4v) is 2.40. The first kappa shape index (κ1) is 15.9. The molecule has 108 valence electrons. The predicted octanol–water partition coefficient (Wildman–Crippen LogP) is -0.136. The van der Waals surface area contributed by atoms with Crippen LogP contribution in [0.5, 0.6) is 5.75 Å². The van der Waals surface area contributed by atoms with Gasteiger partial charge in [-0.25, -0.2) is 13.1 Å². The van der Waals surface area contributed by atoms with Gasteiger partial charge in [0, 0.05) is 19.6 Å². The Labute approximate surface area is 114 Å². The van der Waals surface area contributed by atoms with Gasteiger partial charge in [0.05, 0.1) is 4.90 Å². The van der Waals surface area contributed by atoms with E-state index in [9.17, 15) is 8.42 Å². The largest absolute Gasteiger partial charge is 0.492 e. The van der Waals surface area contributed by atoms with Crippen molar-refractivity contribution in [2.75, 3.05) is 40.3 Å². The van der Waals surface area contributed by atoms with Crippen LogP contribution in [0.2, 0.25) is 0 Å². The first-order valence-electron chi connectivity index (χ1n) is 6.03. The van der Waals surface area contributed by atoms with Gasteiger partial charge < -0.3 is 15.4 Å². The van der Waals surface area contributed by atoms with Crippen molar-refractivity contribution >= 4 is 10.0 Å². The number of likely N-dealkylation sites (N-methyl/N-ethyl adjacent to an activating group) is 1. The van der Waals surface area contributed by atoms with Crippen LogP contribution in [0.15, 0.2) is 29.2 Å². The molecule has 0 saturated carbocycles. The zero-order chi connectivity index (χ0) is 14.3. The number of sulfonamides is 1. The monoisotopic (exact) mass is 287 g/mol. The molecule has 0 heterocycles. The van der Waals surface area contributed by atoms with E-state index in [1.165, 1.54) is 12.1 Å². The Morgan fingerprint density at radius 3 is 2.42 bits per heavy atom. The van der Waals surface area contributed by atoms with E-state index < -0.39 is 10.0 Å². The van der Waals surface area contributed by atoms with Gasteiger partial charge in [-0.05, 0) is 38.4 Å². The molecule has 0 aliphatic heterocycles. The number of benzene rings is 1. The summed E-state index contributed by atoms with van der Waals surface area (Å²) >= 11 is 0. The van der Waals surface area contributed by atoms with E-state index in [2.05, 4.69) is 4.72 Å². The third kappa shape index (κ3) is 5.56. The van der Waals surface area contributed by atoms with Crippen molar-refractivity contribution in [1.29, 1.82) is 0 Å². The third-order valence-electron chi connectivity index (χ3n) is 2.37. The SMILES string of the molecule is CN(C)CCNS(=O)(=O)c1ccc(OCCN)cc1. The minimum atomic E-state index is -3.45. The maximum atomic E-state index is 11.9. The molecule has 0 fully saturated rings. The molecule has 1 rings (SSSR count).